The number of sulfonamides is 1. The normalized spacial score (nSPS) is 16.9. The molecule has 1 fully saturated rings. The highest BCUT2D eigenvalue weighted by Crippen LogP contribution is 2.26. The molecule has 0 spiro atoms. The molecule has 1 aliphatic rings. The van der Waals surface area contributed by atoms with E-state index >= 15 is 0 Å². The Hall–Kier alpha value is 0.340. The van der Waals surface area contributed by atoms with Gasteiger partial charge in [0.1, 0.15) is 0 Å². The molecule has 1 aromatic rings. The number of hydrogen-bond acceptors (Lipinski definition) is 3. The molecule has 1 aliphatic heterocycles. The molecule has 4 nitrogen and oxygen atoms in total. The number of piperidine rings is 1. The van der Waals surface area contributed by atoms with Gasteiger partial charge in [-0.15, -0.1) is 12.4 Å². The van der Waals surface area contributed by atoms with Crippen LogP contribution in [0.1, 0.15) is 12.8 Å². The summed E-state index contributed by atoms with van der Waals surface area (Å²) in [6.07, 6.45) is 1.65. The zero-order valence-corrected chi connectivity index (χ0v) is 14.8. The molecular weight excluding hydrogens is 419 g/mol. The molecule has 108 valence electrons. The van der Waals surface area contributed by atoms with Gasteiger partial charge < -0.3 is 5.32 Å². The topological polar surface area (TPSA) is 58.2 Å². The predicted molar refractivity (Wildman–Crippen MR) is 85.3 cm³/mol. The number of halogens is 3. The Kier molecular flexibility index (Phi) is 6.75. The van der Waals surface area contributed by atoms with Crippen LogP contribution < -0.4 is 10.0 Å². The van der Waals surface area contributed by atoms with E-state index in [-0.39, 0.29) is 23.3 Å². The van der Waals surface area contributed by atoms with Crippen molar-refractivity contribution in [3.05, 3.63) is 27.1 Å². The molecule has 19 heavy (non-hydrogen) atoms. The van der Waals surface area contributed by atoms with Crippen molar-refractivity contribution in [2.45, 2.75) is 23.8 Å². The van der Waals surface area contributed by atoms with E-state index in [4.69, 9.17) is 0 Å². The maximum Gasteiger partial charge on any atom is 0.241 e. The van der Waals surface area contributed by atoms with Gasteiger partial charge in [0.25, 0.3) is 0 Å². The molecule has 2 rings (SSSR count). The second kappa shape index (κ2) is 7.38. The second-order valence-corrected chi connectivity index (χ2v) is 7.67. The monoisotopic (exact) mass is 432 g/mol. The summed E-state index contributed by atoms with van der Waals surface area (Å²) in [5.74, 6) is 0. The van der Waals surface area contributed by atoms with Crippen molar-refractivity contribution in [1.82, 2.24) is 10.0 Å². The minimum atomic E-state index is -3.47. The number of nitrogens with one attached hydrogen (secondary N) is 2. The first-order valence-electron chi connectivity index (χ1n) is 5.67. The van der Waals surface area contributed by atoms with Crippen molar-refractivity contribution in [2.75, 3.05) is 13.1 Å². The molecule has 0 aromatic heterocycles. The average Bonchev–Trinajstić information content (AvgIpc) is 2.33. The first kappa shape index (κ1) is 17.4. The van der Waals surface area contributed by atoms with Crippen LogP contribution in [0, 0.1) is 0 Å². The highest BCUT2D eigenvalue weighted by molar-refractivity contribution is 9.11. The Morgan fingerprint density at radius 3 is 2.47 bits per heavy atom. The van der Waals surface area contributed by atoms with Crippen LogP contribution in [-0.2, 0) is 10.0 Å². The molecule has 8 heteroatoms. The lowest BCUT2D eigenvalue weighted by atomic mass is 10.1. The van der Waals surface area contributed by atoms with E-state index in [9.17, 15) is 8.42 Å². The summed E-state index contributed by atoms with van der Waals surface area (Å²) in [6, 6.07) is 5.14. The summed E-state index contributed by atoms with van der Waals surface area (Å²) in [5.41, 5.74) is 0. The number of hydrogen-bond donors (Lipinski definition) is 2. The fraction of sp³-hybridized carbons (Fsp3) is 0.455. The molecule has 0 atom stereocenters. The van der Waals surface area contributed by atoms with Crippen LogP contribution in [-0.4, -0.2) is 27.5 Å². The van der Waals surface area contributed by atoms with Crippen LogP contribution in [0.25, 0.3) is 0 Å². The molecule has 0 bridgehead atoms. The molecule has 2 N–H and O–H groups in total. The molecule has 0 aliphatic carbocycles. The largest absolute Gasteiger partial charge is 0.317 e. The highest BCUT2D eigenvalue weighted by atomic mass is 79.9. The van der Waals surface area contributed by atoms with Crippen molar-refractivity contribution in [3.63, 3.8) is 0 Å². The Balaban J connectivity index is 0.00000180. The second-order valence-electron chi connectivity index (χ2n) is 4.22. The van der Waals surface area contributed by atoms with Crippen molar-refractivity contribution in [2.24, 2.45) is 0 Å². The minimum Gasteiger partial charge on any atom is -0.317 e. The van der Waals surface area contributed by atoms with Crippen LogP contribution in [0.4, 0.5) is 0 Å². The van der Waals surface area contributed by atoms with Gasteiger partial charge in [-0.3, -0.25) is 0 Å². The van der Waals surface area contributed by atoms with Gasteiger partial charge in [0.15, 0.2) is 0 Å². The molecule has 0 radical (unpaired) electrons. The standard InChI is InChI=1S/C11H14Br2N2O2S.ClH/c12-8-1-2-10(13)11(7-8)18(16,17)15-9-3-5-14-6-4-9;/h1-2,7,9,14-15H,3-6H2;1H. The third-order valence-electron chi connectivity index (χ3n) is 2.84. The molecule has 0 unspecified atom stereocenters. The van der Waals surface area contributed by atoms with Gasteiger partial charge in [-0.1, -0.05) is 15.9 Å². The average molecular weight is 435 g/mol. The smallest absolute Gasteiger partial charge is 0.241 e. The van der Waals surface area contributed by atoms with Gasteiger partial charge in [-0.05, 0) is 60.1 Å². The molecule has 0 saturated carbocycles. The summed E-state index contributed by atoms with van der Waals surface area (Å²) in [5, 5.41) is 3.21. The van der Waals surface area contributed by atoms with E-state index < -0.39 is 10.0 Å². The van der Waals surface area contributed by atoms with E-state index in [1.807, 2.05) is 0 Å². The number of rotatable bonds is 3. The predicted octanol–water partition coefficient (Wildman–Crippen LogP) is 2.66. The summed E-state index contributed by atoms with van der Waals surface area (Å²) in [4.78, 5) is 0.274. The third kappa shape index (κ3) is 4.68. The molecule has 1 aromatic carbocycles. The quantitative estimate of drug-likeness (QED) is 0.769. The summed E-state index contributed by atoms with van der Waals surface area (Å²) >= 11 is 6.57. The van der Waals surface area contributed by atoms with Crippen molar-refractivity contribution in [3.8, 4) is 0 Å². The van der Waals surface area contributed by atoms with E-state index in [1.165, 1.54) is 0 Å². The summed E-state index contributed by atoms with van der Waals surface area (Å²) in [6.45, 7) is 1.71. The van der Waals surface area contributed by atoms with Gasteiger partial charge in [0.2, 0.25) is 10.0 Å². The third-order valence-corrected chi connectivity index (χ3v) is 5.85. The van der Waals surface area contributed by atoms with Crippen LogP contribution >= 0.6 is 44.3 Å². The van der Waals surface area contributed by atoms with Gasteiger partial charge in [0, 0.05) is 15.0 Å². The summed E-state index contributed by atoms with van der Waals surface area (Å²) < 4.78 is 28.7. The number of benzene rings is 1. The first-order valence-corrected chi connectivity index (χ1v) is 8.74. The van der Waals surface area contributed by atoms with Crippen LogP contribution in [0.3, 0.4) is 0 Å². The maximum atomic E-state index is 12.3. The van der Waals surface area contributed by atoms with Crippen molar-refractivity contribution < 1.29 is 8.42 Å². The molecule has 0 amide bonds. The Morgan fingerprint density at radius 2 is 1.84 bits per heavy atom. The van der Waals surface area contributed by atoms with E-state index in [2.05, 4.69) is 41.9 Å². The van der Waals surface area contributed by atoms with Crippen LogP contribution in [0.15, 0.2) is 32.0 Å². The van der Waals surface area contributed by atoms with Crippen LogP contribution in [0.5, 0.6) is 0 Å². The Bertz CT molecular complexity index is 533. The molecule has 1 heterocycles. The summed E-state index contributed by atoms with van der Waals surface area (Å²) in [7, 11) is -3.47. The van der Waals surface area contributed by atoms with Gasteiger partial charge in [-0.2, -0.15) is 0 Å². The van der Waals surface area contributed by atoms with Gasteiger partial charge in [-0.25, -0.2) is 13.1 Å². The first-order chi connectivity index (χ1) is 8.49. The lowest BCUT2D eigenvalue weighted by molar-refractivity contribution is 0.427. The van der Waals surface area contributed by atoms with Gasteiger partial charge >= 0.3 is 0 Å². The SMILES string of the molecule is Cl.O=S(=O)(NC1CCNCC1)c1cc(Br)ccc1Br. The lowest BCUT2D eigenvalue weighted by Crippen LogP contribution is -2.42. The zero-order valence-electron chi connectivity index (χ0n) is 10.0. The Morgan fingerprint density at radius 1 is 1.21 bits per heavy atom. The zero-order chi connectivity index (χ0) is 13.2. The van der Waals surface area contributed by atoms with Crippen molar-refractivity contribution >= 4 is 54.3 Å². The lowest BCUT2D eigenvalue weighted by Gasteiger charge is -2.23. The fourth-order valence-corrected chi connectivity index (χ4v) is 4.71. The maximum absolute atomic E-state index is 12.3. The Labute approximate surface area is 136 Å². The van der Waals surface area contributed by atoms with E-state index in [0.717, 1.165) is 30.4 Å². The van der Waals surface area contributed by atoms with E-state index in [0.29, 0.717) is 4.47 Å². The highest BCUT2D eigenvalue weighted by Gasteiger charge is 2.23. The van der Waals surface area contributed by atoms with Crippen LogP contribution in [0.2, 0.25) is 0 Å². The molecule has 1 saturated heterocycles. The van der Waals surface area contributed by atoms with Gasteiger partial charge in [0.05, 0.1) is 4.90 Å². The molecular formula is C11H15Br2ClN2O2S. The van der Waals surface area contributed by atoms with Crippen molar-refractivity contribution in [1.29, 1.82) is 0 Å². The fourth-order valence-electron chi connectivity index (χ4n) is 1.91. The van der Waals surface area contributed by atoms with E-state index in [1.54, 1.807) is 18.2 Å². The minimum absolute atomic E-state index is 0.